The van der Waals surface area contributed by atoms with Crippen LogP contribution in [0.1, 0.15) is 0 Å². The van der Waals surface area contributed by atoms with Crippen LogP contribution in [-0.2, 0) is 0 Å². The zero-order valence-electron chi connectivity index (χ0n) is 20.8. The monoisotopic (exact) mass is 500 g/mol. The first-order chi connectivity index (χ1) is 19.3. The molecule has 0 saturated carbocycles. The Morgan fingerprint density at radius 3 is 1.85 bits per heavy atom. The van der Waals surface area contributed by atoms with Gasteiger partial charge < -0.3 is 13.2 Å². The van der Waals surface area contributed by atoms with Gasteiger partial charge in [0, 0.05) is 39.5 Å². The van der Waals surface area contributed by atoms with Gasteiger partial charge in [-0.3, -0.25) is 0 Å². The summed E-state index contributed by atoms with van der Waals surface area (Å²) in [5.41, 5.74) is 8.51. The molecule has 5 aromatic carbocycles. The summed E-state index contributed by atoms with van der Waals surface area (Å²) in [7, 11) is 0. The van der Waals surface area contributed by atoms with Gasteiger partial charge in [-0.15, -0.1) is 0 Å². The Bertz CT molecular complexity index is 2280. The standard InChI is InChI=1S/C35H20N2O2/c1-3-9-30-25(7-1)27-19-28-26-8-2-4-10-31(26)39-35(28)33(34(27)38-30)24-15-13-21-17-23(14-12-22(21)18-24)29-20-37-16-6-5-11-32(37)36-29/h1-20H. The van der Waals surface area contributed by atoms with Crippen LogP contribution in [-0.4, -0.2) is 9.38 Å². The van der Waals surface area contributed by atoms with Crippen molar-refractivity contribution < 1.29 is 8.83 Å². The van der Waals surface area contributed by atoms with Crippen LogP contribution < -0.4 is 0 Å². The van der Waals surface area contributed by atoms with Gasteiger partial charge in [-0.25, -0.2) is 4.98 Å². The Morgan fingerprint density at radius 2 is 1.15 bits per heavy atom. The number of para-hydroxylation sites is 2. The van der Waals surface area contributed by atoms with Gasteiger partial charge >= 0.3 is 0 Å². The third kappa shape index (κ3) is 2.97. The van der Waals surface area contributed by atoms with Crippen molar-refractivity contribution in [3.05, 3.63) is 122 Å². The number of benzene rings is 5. The topological polar surface area (TPSA) is 43.6 Å². The van der Waals surface area contributed by atoms with E-state index in [4.69, 9.17) is 13.8 Å². The van der Waals surface area contributed by atoms with E-state index in [1.54, 1.807) is 0 Å². The first-order valence-corrected chi connectivity index (χ1v) is 13.0. The molecule has 4 aromatic heterocycles. The molecule has 39 heavy (non-hydrogen) atoms. The predicted molar refractivity (Wildman–Crippen MR) is 158 cm³/mol. The molecule has 0 bridgehead atoms. The Hall–Kier alpha value is -5.35. The minimum Gasteiger partial charge on any atom is -0.455 e. The molecule has 9 aromatic rings. The quantitative estimate of drug-likeness (QED) is 0.237. The maximum Gasteiger partial charge on any atom is 0.147 e. The lowest BCUT2D eigenvalue weighted by Crippen LogP contribution is -1.84. The zero-order chi connectivity index (χ0) is 25.5. The molecular formula is C35H20N2O2. The molecule has 4 nitrogen and oxygen atoms in total. The normalized spacial score (nSPS) is 12.1. The van der Waals surface area contributed by atoms with E-state index in [0.29, 0.717) is 0 Å². The van der Waals surface area contributed by atoms with Crippen LogP contribution in [0.15, 0.2) is 130 Å². The molecule has 0 fully saturated rings. The summed E-state index contributed by atoms with van der Waals surface area (Å²) in [6.07, 6.45) is 4.10. The maximum absolute atomic E-state index is 6.49. The summed E-state index contributed by atoms with van der Waals surface area (Å²) >= 11 is 0. The molecule has 9 rings (SSSR count). The molecule has 0 aliphatic rings. The van der Waals surface area contributed by atoms with Crippen LogP contribution >= 0.6 is 0 Å². The zero-order valence-corrected chi connectivity index (χ0v) is 20.8. The second-order valence-corrected chi connectivity index (χ2v) is 10.1. The second kappa shape index (κ2) is 7.59. The fraction of sp³-hybridized carbons (Fsp3) is 0. The predicted octanol–water partition coefficient (Wildman–Crippen LogP) is 9.62. The molecule has 0 saturated heterocycles. The fourth-order valence-corrected chi connectivity index (χ4v) is 5.93. The van der Waals surface area contributed by atoms with E-state index < -0.39 is 0 Å². The Labute approximate surface area is 222 Å². The van der Waals surface area contributed by atoms with Crippen molar-refractivity contribution >= 4 is 60.3 Å². The lowest BCUT2D eigenvalue weighted by Gasteiger charge is -2.08. The van der Waals surface area contributed by atoms with Crippen molar-refractivity contribution in [2.24, 2.45) is 0 Å². The highest BCUT2D eigenvalue weighted by Gasteiger charge is 2.21. The lowest BCUT2D eigenvalue weighted by molar-refractivity contribution is 0.658. The van der Waals surface area contributed by atoms with Gasteiger partial charge in [0.1, 0.15) is 28.0 Å². The summed E-state index contributed by atoms with van der Waals surface area (Å²) in [6.45, 7) is 0. The number of fused-ring (bicyclic) bond motifs is 8. The molecule has 0 aliphatic heterocycles. The Balaban J connectivity index is 1.29. The number of furan rings is 2. The van der Waals surface area contributed by atoms with E-state index in [1.807, 2.05) is 48.7 Å². The van der Waals surface area contributed by atoms with Gasteiger partial charge in [0.2, 0.25) is 0 Å². The van der Waals surface area contributed by atoms with Gasteiger partial charge in [-0.2, -0.15) is 0 Å². The first kappa shape index (κ1) is 20.7. The third-order valence-electron chi connectivity index (χ3n) is 7.80. The number of imidazole rings is 1. The number of nitrogens with zero attached hydrogens (tertiary/aromatic N) is 2. The molecule has 4 heterocycles. The van der Waals surface area contributed by atoms with Gasteiger partial charge in [-0.05, 0) is 58.8 Å². The van der Waals surface area contributed by atoms with Gasteiger partial charge in [0.05, 0.1) is 11.3 Å². The van der Waals surface area contributed by atoms with Crippen LogP contribution in [0.4, 0.5) is 0 Å². The van der Waals surface area contributed by atoms with Crippen LogP contribution in [0.2, 0.25) is 0 Å². The average Bonchev–Trinajstić information content (AvgIpc) is 3.68. The molecule has 0 unspecified atom stereocenters. The SMILES string of the molecule is c1ccc2c(c1)oc1c(-c3ccc4cc(-c5cn6ccccc6n5)ccc4c3)c3oc4ccccc4c3cc12. The molecular weight excluding hydrogens is 480 g/mol. The van der Waals surface area contributed by atoms with Crippen LogP contribution in [0.3, 0.4) is 0 Å². The molecule has 4 heteroatoms. The number of hydrogen-bond donors (Lipinski definition) is 0. The highest BCUT2D eigenvalue weighted by Crippen LogP contribution is 2.44. The van der Waals surface area contributed by atoms with Gasteiger partial charge in [-0.1, -0.05) is 66.7 Å². The minimum atomic E-state index is 0.850. The smallest absolute Gasteiger partial charge is 0.147 e. The largest absolute Gasteiger partial charge is 0.455 e. The molecule has 0 atom stereocenters. The van der Waals surface area contributed by atoms with Gasteiger partial charge in [0.25, 0.3) is 0 Å². The number of hydrogen-bond acceptors (Lipinski definition) is 3. The lowest BCUT2D eigenvalue weighted by atomic mass is 9.96. The van der Waals surface area contributed by atoms with Crippen LogP contribution in [0.25, 0.3) is 82.7 Å². The van der Waals surface area contributed by atoms with Crippen molar-refractivity contribution in [2.75, 3.05) is 0 Å². The molecule has 182 valence electrons. The van der Waals surface area contributed by atoms with Crippen molar-refractivity contribution in [2.45, 2.75) is 0 Å². The van der Waals surface area contributed by atoms with E-state index in [1.165, 1.54) is 0 Å². The van der Waals surface area contributed by atoms with Crippen molar-refractivity contribution in [1.29, 1.82) is 0 Å². The van der Waals surface area contributed by atoms with Crippen LogP contribution in [0.5, 0.6) is 0 Å². The minimum absolute atomic E-state index is 0.850. The van der Waals surface area contributed by atoms with E-state index in [2.05, 4.69) is 77.3 Å². The summed E-state index contributed by atoms with van der Waals surface area (Å²) in [5, 5.41) is 6.73. The molecule has 0 radical (unpaired) electrons. The third-order valence-corrected chi connectivity index (χ3v) is 7.80. The maximum atomic E-state index is 6.49. The second-order valence-electron chi connectivity index (χ2n) is 10.1. The van der Waals surface area contributed by atoms with Gasteiger partial charge in [0.15, 0.2) is 0 Å². The van der Waals surface area contributed by atoms with E-state index >= 15 is 0 Å². The molecule has 0 N–H and O–H groups in total. The summed E-state index contributed by atoms with van der Waals surface area (Å²) in [5.74, 6) is 0. The fourth-order valence-electron chi connectivity index (χ4n) is 5.93. The van der Waals surface area contributed by atoms with Crippen molar-refractivity contribution in [3.63, 3.8) is 0 Å². The van der Waals surface area contributed by atoms with Crippen molar-refractivity contribution in [3.8, 4) is 22.4 Å². The highest BCUT2D eigenvalue weighted by atomic mass is 16.3. The molecule has 0 aliphatic carbocycles. The van der Waals surface area contributed by atoms with E-state index in [0.717, 1.165) is 82.7 Å². The van der Waals surface area contributed by atoms with Crippen molar-refractivity contribution in [1.82, 2.24) is 9.38 Å². The highest BCUT2D eigenvalue weighted by molar-refractivity contribution is 6.22. The van der Waals surface area contributed by atoms with E-state index in [9.17, 15) is 0 Å². The number of pyridine rings is 1. The Morgan fingerprint density at radius 1 is 0.538 bits per heavy atom. The Kier molecular flexibility index (Phi) is 4.02. The first-order valence-electron chi connectivity index (χ1n) is 13.0. The number of aromatic nitrogens is 2. The average molecular weight is 501 g/mol. The number of rotatable bonds is 2. The summed E-state index contributed by atoms with van der Waals surface area (Å²) in [6, 6.07) is 37.8. The van der Waals surface area contributed by atoms with Crippen LogP contribution in [0, 0.1) is 0 Å². The summed E-state index contributed by atoms with van der Waals surface area (Å²) in [4.78, 5) is 4.80. The molecule has 0 amide bonds. The van der Waals surface area contributed by atoms with E-state index in [-0.39, 0.29) is 0 Å². The summed E-state index contributed by atoms with van der Waals surface area (Å²) < 4.78 is 15.0. The molecule has 0 spiro atoms.